The Bertz CT molecular complexity index is 1280. The van der Waals surface area contributed by atoms with E-state index in [1.54, 1.807) is 6.07 Å². The molecule has 4 rings (SSSR count). The fourth-order valence-corrected chi connectivity index (χ4v) is 5.25. The van der Waals surface area contributed by atoms with Crippen LogP contribution < -0.4 is 9.47 Å². The van der Waals surface area contributed by atoms with E-state index >= 15 is 4.39 Å². The number of pyridine rings is 1. The number of halogens is 2. The lowest BCUT2D eigenvalue weighted by molar-refractivity contribution is 0.261. The quantitative estimate of drug-likeness (QED) is 0.483. The van der Waals surface area contributed by atoms with Crippen molar-refractivity contribution in [2.24, 2.45) is 5.92 Å². The monoisotopic (exact) mass is 494 g/mol. The van der Waals surface area contributed by atoms with E-state index in [1.807, 2.05) is 13.8 Å². The molecule has 0 aliphatic heterocycles. The Morgan fingerprint density at radius 3 is 2.61 bits per heavy atom. The molecule has 1 saturated carbocycles. The summed E-state index contributed by atoms with van der Waals surface area (Å²) >= 11 is 6.31. The Labute approximate surface area is 196 Å². The van der Waals surface area contributed by atoms with Crippen LogP contribution >= 0.6 is 11.6 Å². The van der Waals surface area contributed by atoms with Crippen LogP contribution in [0.5, 0.6) is 11.6 Å². The Hall–Kier alpha value is -2.72. The molecule has 0 spiro atoms. The molecule has 0 amide bonds. The molecule has 0 unspecified atom stereocenters. The third-order valence-electron chi connectivity index (χ3n) is 5.43. The average molecular weight is 495 g/mol. The molecule has 0 radical (unpaired) electrons. The number of methoxy groups -OCH3 is 1. The molecule has 0 bridgehead atoms. The maximum Gasteiger partial charge on any atom is 0.243 e. The number of sulfone groups is 1. The average Bonchev–Trinajstić information content (AvgIpc) is 3.22. The van der Waals surface area contributed by atoms with Crippen molar-refractivity contribution < 1.29 is 22.3 Å². The third kappa shape index (κ3) is 4.67. The summed E-state index contributed by atoms with van der Waals surface area (Å²) in [6.45, 7) is 4.49. The molecule has 1 aromatic carbocycles. The first-order chi connectivity index (χ1) is 15.7. The molecule has 1 fully saturated rings. The number of nitrogens with one attached hydrogen (secondary N) is 1. The van der Waals surface area contributed by atoms with Gasteiger partial charge in [0.1, 0.15) is 16.6 Å². The standard InChI is InChI=1S/C22H24ClFN4O4S/c1-12(2)11-32-21-17(23)7-13(10-25-21)15-8-18(24)16(9-19(15)31-3)20-26-22(28-27-20)33(29,30)14-5-4-6-14/h7-10,12,14H,4-6,11H2,1-3H3,(H,26,27,28). The Morgan fingerprint density at radius 1 is 1.24 bits per heavy atom. The minimum Gasteiger partial charge on any atom is -0.496 e. The van der Waals surface area contributed by atoms with Crippen LogP contribution in [0.3, 0.4) is 0 Å². The summed E-state index contributed by atoms with van der Waals surface area (Å²) in [5.74, 6) is 0.223. The molecule has 2 aromatic heterocycles. The zero-order valence-electron chi connectivity index (χ0n) is 18.4. The SMILES string of the molecule is COc1cc(-c2n[nH]c(S(=O)(=O)C3CCC3)n2)c(F)cc1-c1cnc(OCC(C)C)c(Cl)c1. The second-order valence-corrected chi connectivity index (χ2v) is 10.9. The van der Waals surface area contributed by atoms with E-state index in [9.17, 15) is 8.42 Å². The number of nitrogens with zero attached hydrogens (tertiary/aromatic N) is 3. The van der Waals surface area contributed by atoms with Crippen molar-refractivity contribution >= 4 is 21.4 Å². The van der Waals surface area contributed by atoms with Crippen LogP contribution in [0.15, 0.2) is 29.6 Å². The molecule has 176 valence electrons. The molecular formula is C22H24ClFN4O4S. The summed E-state index contributed by atoms with van der Waals surface area (Å²) in [5, 5.41) is 5.94. The minimum absolute atomic E-state index is 0.0119. The van der Waals surface area contributed by atoms with Crippen molar-refractivity contribution in [3.63, 3.8) is 0 Å². The number of hydrogen-bond acceptors (Lipinski definition) is 7. The summed E-state index contributed by atoms with van der Waals surface area (Å²) in [5.41, 5.74) is 0.960. The van der Waals surface area contributed by atoms with E-state index in [0.717, 1.165) is 6.42 Å². The van der Waals surface area contributed by atoms with Gasteiger partial charge in [-0.25, -0.2) is 22.9 Å². The van der Waals surface area contributed by atoms with Gasteiger partial charge >= 0.3 is 0 Å². The highest BCUT2D eigenvalue weighted by molar-refractivity contribution is 7.91. The van der Waals surface area contributed by atoms with E-state index in [0.29, 0.717) is 53.1 Å². The molecule has 1 aliphatic rings. The van der Waals surface area contributed by atoms with Crippen LogP contribution in [0.25, 0.3) is 22.5 Å². The van der Waals surface area contributed by atoms with Gasteiger partial charge in [0, 0.05) is 17.3 Å². The zero-order chi connectivity index (χ0) is 23.8. The third-order valence-corrected chi connectivity index (χ3v) is 7.77. The molecule has 3 aromatic rings. The molecular weight excluding hydrogens is 471 g/mol. The second-order valence-electron chi connectivity index (χ2n) is 8.31. The van der Waals surface area contributed by atoms with E-state index in [-0.39, 0.29) is 16.5 Å². The second kappa shape index (κ2) is 9.26. The predicted molar refractivity (Wildman–Crippen MR) is 122 cm³/mol. The Kier molecular flexibility index (Phi) is 6.58. The van der Waals surface area contributed by atoms with Crippen molar-refractivity contribution in [2.75, 3.05) is 13.7 Å². The van der Waals surface area contributed by atoms with Crippen molar-refractivity contribution in [1.29, 1.82) is 0 Å². The van der Waals surface area contributed by atoms with Gasteiger partial charge in [-0.2, -0.15) is 10.1 Å². The van der Waals surface area contributed by atoms with Crippen LogP contribution in [0.2, 0.25) is 5.02 Å². The number of H-pyrrole nitrogens is 1. The molecule has 0 atom stereocenters. The topological polar surface area (TPSA) is 107 Å². The van der Waals surface area contributed by atoms with E-state index in [4.69, 9.17) is 21.1 Å². The van der Waals surface area contributed by atoms with Gasteiger partial charge in [0.05, 0.1) is 24.5 Å². The summed E-state index contributed by atoms with van der Waals surface area (Å²) in [6, 6.07) is 4.30. The zero-order valence-corrected chi connectivity index (χ0v) is 20.0. The maximum absolute atomic E-state index is 15.1. The van der Waals surface area contributed by atoms with Gasteiger partial charge in [-0.15, -0.1) is 0 Å². The number of aromatic nitrogens is 4. The van der Waals surface area contributed by atoms with Gasteiger partial charge in [0.25, 0.3) is 0 Å². The number of aromatic amines is 1. The van der Waals surface area contributed by atoms with E-state index < -0.39 is 20.9 Å². The van der Waals surface area contributed by atoms with E-state index in [1.165, 1.54) is 25.4 Å². The van der Waals surface area contributed by atoms with Crippen LogP contribution in [0, 0.1) is 11.7 Å². The first-order valence-electron chi connectivity index (χ1n) is 10.5. The number of hydrogen-bond donors (Lipinski definition) is 1. The van der Waals surface area contributed by atoms with Crippen LogP contribution in [0.4, 0.5) is 4.39 Å². The lowest BCUT2D eigenvalue weighted by Gasteiger charge is -2.23. The summed E-state index contributed by atoms with van der Waals surface area (Å²) in [6.07, 6.45) is 3.57. The molecule has 1 N–H and O–H groups in total. The summed E-state index contributed by atoms with van der Waals surface area (Å²) in [4.78, 5) is 8.30. The van der Waals surface area contributed by atoms with Gasteiger partial charge in [-0.3, -0.25) is 0 Å². The van der Waals surface area contributed by atoms with Crippen molar-refractivity contribution in [3.8, 4) is 34.1 Å². The summed E-state index contributed by atoms with van der Waals surface area (Å²) in [7, 11) is -2.16. The lowest BCUT2D eigenvalue weighted by Crippen LogP contribution is -2.29. The van der Waals surface area contributed by atoms with Crippen LogP contribution in [0.1, 0.15) is 33.1 Å². The van der Waals surface area contributed by atoms with Gasteiger partial charge in [-0.05, 0) is 37.0 Å². The molecule has 8 nitrogen and oxygen atoms in total. The largest absolute Gasteiger partial charge is 0.496 e. The molecule has 2 heterocycles. The van der Waals surface area contributed by atoms with E-state index in [2.05, 4.69) is 20.2 Å². The highest BCUT2D eigenvalue weighted by atomic mass is 35.5. The molecule has 33 heavy (non-hydrogen) atoms. The molecule has 0 saturated heterocycles. The van der Waals surface area contributed by atoms with Crippen molar-refractivity contribution in [2.45, 2.75) is 43.5 Å². The lowest BCUT2D eigenvalue weighted by atomic mass is 10.0. The molecule has 1 aliphatic carbocycles. The van der Waals surface area contributed by atoms with Gasteiger partial charge in [0.15, 0.2) is 5.82 Å². The smallest absolute Gasteiger partial charge is 0.243 e. The van der Waals surface area contributed by atoms with Gasteiger partial charge in [0.2, 0.25) is 20.9 Å². The first kappa shape index (κ1) is 23.4. The maximum atomic E-state index is 15.1. The van der Waals surface area contributed by atoms with Crippen molar-refractivity contribution in [3.05, 3.63) is 35.2 Å². The Balaban J connectivity index is 1.66. The van der Waals surface area contributed by atoms with Gasteiger partial charge in [-0.1, -0.05) is 31.9 Å². The fraction of sp³-hybridized carbons (Fsp3) is 0.409. The van der Waals surface area contributed by atoms with Gasteiger partial charge < -0.3 is 9.47 Å². The van der Waals surface area contributed by atoms with Crippen LogP contribution in [-0.2, 0) is 9.84 Å². The minimum atomic E-state index is -3.61. The Morgan fingerprint density at radius 2 is 2.00 bits per heavy atom. The van der Waals surface area contributed by atoms with Crippen molar-refractivity contribution in [1.82, 2.24) is 20.2 Å². The normalized spacial score (nSPS) is 14.4. The highest BCUT2D eigenvalue weighted by Gasteiger charge is 2.35. The van der Waals surface area contributed by atoms with Crippen LogP contribution in [-0.4, -0.2) is 47.5 Å². The predicted octanol–water partition coefficient (Wildman–Crippen LogP) is 4.70. The number of benzene rings is 1. The fourth-order valence-electron chi connectivity index (χ4n) is 3.38. The first-order valence-corrected chi connectivity index (χ1v) is 12.5. The number of ether oxygens (including phenoxy) is 2. The number of rotatable bonds is 8. The molecule has 11 heteroatoms. The summed E-state index contributed by atoms with van der Waals surface area (Å²) < 4.78 is 51.3. The highest BCUT2D eigenvalue weighted by Crippen LogP contribution is 2.38.